The van der Waals surface area contributed by atoms with Crippen molar-refractivity contribution >= 4 is 16.4 Å². The first kappa shape index (κ1) is 17.1. The number of hydrogen-bond acceptors (Lipinski definition) is 4. The molecule has 0 aromatic carbocycles. The Morgan fingerprint density at radius 3 is 2.93 bits per heavy atom. The summed E-state index contributed by atoms with van der Waals surface area (Å²) >= 11 is 0. The molecule has 28 heavy (non-hydrogen) atoms. The van der Waals surface area contributed by atoms with Crippen LogP contribution in [0.2, 0.25) is 0 Å². The molecule has 0 atom stereocenters. The van der Waals surface area contributed by atoms with E-state index >= 15 is 0 Å². The molecule has 1 aliphatic carbocycles. The third-order valence-corrected chi connectivity index (χ3v) is 5.66. The van der Waals surface area contributed by atoms with Gasteiger partial charge in [-0.15, -0.1) is 0 Å². The van der Waals surface area contributed by atoms with Gasteiger partial charge in [-0.2, -0.15) is 0 Å². The van der Waals surface area contributed by atoms with E-state index in [1.807, 2.05) is 35.0 Å². The van der Waals surface area contributed by atoms with Crippen molar-refractivity contribution in [2.75, 3.05) is 6.54 Å². The fourth-order valence-corrected chi connectivity index (χ4v) is 3.81. The van der Waals surface area contributed by atoms with Crippen molar-refractivity contribution in [3.05, 3.63) is 76.9 Å². The van der Waals surface area contributed by atoms with Crippen LogP contribution in [0.4, 0.5) is 0 Å². The normalized spacial score (nSPS) is 14.6. The van der Waals surface area contributed by atoms with Crippen molar-refractivity contribution in [1.29, 1.82) is 0 Å². The molecule has 0 unspecified atom stereocenters. The number of pyridine rings is 3. The van der Waals surface area contributed by atoms with Crippen molar-refractivity contribution in [2.24, 2.45) is 5.92 Å². The standard InChI is InChI=1S/C22H23N5O/c28-22-20-12-23-8-6-18(20)7-9-26(22)14-19-15-27-13-17(4-5-21(27)25-19)11-24-10-16-2-1-3-16/h4-9,12-13,15-16,24H,1-3,10-11,14H2. The molecule has 1 fully saturated rings. The maximum Gasteiger partial charge on any atom is 0.260 e. The molecule has 1 aliphatic rings. The first-order chi connectivity index (χ1) is 13.8. The number of nitrogens with zero attached hydrogens (tertiary/aromatic N) is 4. The van der Waals surface area contributed by atoms with Gasteiger partial charge in [-0.1, -0.05) is 12.5 Å². The number of rotatable bonds is 6. The Balaban J connectivity index is 1.35. The average molecular weight is 373 g/mol. The van der Waals surface area contributed by atoms with E-state index in [4.69, 9.17) is 0 Å². The van der Waals surface area contributed by atoms with Gasteiger partial charge in [-0.05, 0) is 54.5 Å². The summed E-state index contributed by atoms with van der Waals surface area (Å²) in [6.07, 6.45) is 13.4. The largest absolute Gasteiger partial charge is 0.312 e. The molecule has 4 heterocycles. The topological polar surface area (TPSA) is 64.2 Å². The predicted molar refractivity (Wildman–Crippen MR) is 109 cm³/mol. The highest BCUT2D eigenvalue weighted by atomic mass is 16.1. The van der Waals surface area contributed by atoms with E-state index in [0.29, 0.717) is 11.9 Å². The number of nitrogens with one attached hydrogen (secondary N) is 1. The van der Waals surface area contributed by atoms with Gasteiger partial charge in [0.05, 0.1) is 17.6 Å². The molecule has 4 aromatic rings. The Morgan fingerprint density at radius 1 is 1.14 bits per heavy atom. The Labute approximate surface area is 162 Å². The van der Waals surface area contributed by atoms with Crippen LogP contribution in [-0.4, -0.2) is 25.5 Å². The second kappa shape index (κ2) is 7.20. The molecular formula is C22H23N5O. The van der Waals surface area contributed by atoms with Crippen LogP contribution in [0, 0.1) is 5.92 Å². The summed E-state index contributed by atoms with van der Waals surface area (Å²) in [7, 11) is 0. The minimum atomic E-state index is -0.0384. The minimum Gasteiger partial charge on any atom is -0.312 e. The third kappa shape index (κ3) is 3.31. The summed E-state index contributed by atoms with van der Waals surface area (Å²) in [6.45, 7) is 2.42. The molecule has 6 nitrogen and oxygen atoms in total. The summed E-state index contributed by atoms with van der Waals surface area (Å²) in [5, 5.41) is 5.09. The lowest BCUT2D eigenvalue weighted by Crippen LogP contribution is -2.26. The summed E-state index contributed by atoms with van der Waals surface area (Å²) in [4.78, 5) is 21.4. The zero-order valence-electron chi connectivity index (χ0n) is 15.7. The molecule has 1 N–H and O–H groups in total. The van der Waals surface area contributed by atoms with Crippen LogP contribution < -0.4 is 10.9 Å². The van der Waals surface area contributed by atoms with Gasteiger partial charge in [-0.25, -0.2) is 4.98 Å². The Hall–Kier alpha value is -2.99. The van der Waals surface area contributed by atoms with Crippen LogP contribution in [0.5, 0.6) is 0 Å². The molecule has 0 spiro atoms. The lowest BCUT2D eigenvalue weighted by molar-refractivity contribution is 0.301. The van der Waals surface area contributed by atoms with E-state index in [9.17, 15) is 4.79 Å². The van der Waals surface area contributed by atoms with Crippen LogP contribution in [0.3, 0.4) is 0 Å². The summed E-state index contributed by atoms with van der Waals surface area (Å²) in [6, 6.07) is 7.96. The molecule has 1 saturated carbocycles. The van der Waals surface area contributed by atoms with Gasteiger partial charge in [-0.3, -0.25) is 9.78 Å². The van der Waals surface area contributed by atoms with Crippen LogP contribution >= 0.6 is 0 Å². The van der Waals surface area contributed by atoms with E-state index in [1.165, 1.54) is 24.8 Å². The quantitative estimate of drug-likeness (QED) is 0.564. The SMILES string of the molecule is O=c1c2cnccc2ccn1Cc1cn2cc(CNCC3CCC3)ccc2n1. The first-order valence-corrected chi connectivity index (χ1v) is 9.87. The number of hydrogen-bond donors (Lipinski definition) is 1. The van der Waals surface area contributed by atoms with Crippen LogP contribution in [-0.2, 0) is 13.1 Å². The molecule has 0 saturated heterocycles. The third-order valence-electron chi connectivity index (χ3n) is 5.66. The molecule has 5 rings (SSSR count). The molecule has 142 valence electrons. The van der Waals surface area contributed by atoms with Gasteiger partial charge < -0.3 is 14.3 Å². The Morgan fingerprint density at radius 2 is 2.07 bits per heavy atom. The fourth-order valence-electron chi connectivity index (χ4n) is 3.81. The van der Waals surface area contributed by atoms with E-state index in [-0.39, 0.29) is 5.56 Å². The molecule has 4 aromatic heterocycles. The second-order valence-electron chi connectivity index (χ2n) is 7.67. The van der Waals surface area contributed by atoms with Gasteiger partial charge in [0.25, 0.3) is 5.56 Å². The highest BCUT2D eigenvalue weighted by molar-refractivity contribution is 5.80. The molecule has 0 bridgehead atoms. The molecular weight excluding hydrogens is 350 g/mol. The smallest absolute Gasteiger partial charge is 0.260 e. The summed E-state index contributed by atoms with van der Waals surface area (Å²) in [5.74, 6) is 0.860. The van der Waals surface area contributed by atoms with E-state index in [2.05, 4.69) is 27.5 Å². The lowest BCUT2D eigenvalue weighted by Gasteiger charge is -2.25. The van der Waals surface area contributed by atoms with Crippen LogP contribution in [0.15, 0.2) is 60.0 Å². The molecule has 6 heteroatoms. The van der Waals surface area contributed by atoms with Gasteiger partial charge in [0.15, 0.2) is 0 Å². The number of fused-ring (bicyclic) bond motifs is 2. The number of aromatic nitrogens is 4. The summed E-state index contributed by atoms with van der Waals surface area (Å²) < 4.78 is 3.73. The minimum absolute atomic E-state index is 0.0384. The summed E-state index contributed by atoms with van der Waals surface area (Å²) in [5.41, 5.74) is 2.96. The van der Waals surface area contributed by atoms with Crippen molar-refractivity contribution in [1.82, 2.24) is 24.3 Å². The fraction of sp³-hybridized carbons (Fsp3) is 0.318. The Kier molecular flexibility index (Phi) is 4.41. The Bertz CT molecular complexity index is 1190. The predicted octanol–water partition coefficient (Wildman–Crippen LogP) is 2.98. The lowest BCUT2D eigenvalue weighted by atomic mass is 9.85. The van der Waals surface area contributed by atoms with Gasteiger partial charge in [0, 0.05) is 37.5 Å². The van der Waals surface area contributed by atoms with Crippen molar-refractivity contribution in [3.63, 3.8) is 0 Å². The molecule has 0 radical (unpaired) electrons. The monoisotopic (exact) mass is 373 g/mol. The highest BCUT2D eigenvalue weighted by Gasteiger charge is 2.16. The average Bonchev–Trinajstić information content (AvgIpc) is 3.08. The van der Waals surface area contributed by atoms with Crippen LogP contribution in [0.25, 0.3) is 16.4 Å². The second-order valence-corrected chi connectivity index (χ2v) is 7.67. The maximum atomic E-state index is 12.7. The zero-order valence-corrected chi connectivity index (χ0v) is 15.7. The van der Waals surface area contributed by atoms with E-state index < -0.39 is 0 Å². The van der Waals surface area contributed by atoms with E-state index in [0.717, 1.165) is 35.7 Å². The van der Waals surface area contributed by atoms with Crippen molar-refractivity contribution < 1.29 is 0 Å². The van der Waals surface area contributed by atoms with E-state index in [1.54, 1.807) is 17.0 Å². The van der Waals surface area contributed by atoms with Crippen molar-refractivity contribution in [2.45, 2.75) is 32.4 Å². The van der Waals surface area contributed by atoms with Crippen LogP contribution in [0.1, 0.15) is 30.5 Å². The number of imidazole rings is 1. The zero-order chi connectivity index (χ0) is 18.9. The van der Waals surface area contributed by atoms with Gasteiger partial charge >= 0.3 is 0 Å². The van der Waals surface area contributed by atoms with Gasteiger partial charge in [0.2, 0.25) is 0 Å². The van der Waals surface area contributed by atoms with Crippen molar-refractivity contribution in [3.8, 4) is 0 Å². The van der Waals surface area contributed by atoms with Gasteiger partial charge in [0.1, 0.15) is 5.65 Å². The molecule has 0 aliphatic heterocycles. The highest BCUT2D eigenvalue weighted by Crippen LogP contribution is 2.25. The molecule has 0 amide bonds. The maximum absolute atomic E-state index is 12.7. The first-order valence-electron chi connectivity index (χ1n) is 9.87.